The summed E-state index contributed by atoms with van der Waals surface area (Å²) in [4.78, 5) is 3.97. The SMILES string of the molecule is C[C@H](CCl)COc1ccc(C(C)(C)c2ccc(OC[C@@H](O)Cn3ccnc3)cc2)cc1Cl. The van der Waals surface area contributed by atoms with Gasteiger partial charge in [0.2, 0.25) is 0 Å². The minimum absolute atomic E-state index is 0.209. The largest absolute Gasteiger partial charge is 0.492 e. The van der Waals surface area contributed by atoms with Gasteiger partial charge in [-0.15, -0.1) is 11.6 Å². The molecule has 1 N–H and O–H groups in total. The van der Waals surface area contributed by atoms with Gasteiger partial charge in [-0.2, -0.15) is 0 Å². The summed E-state index contributed by atoms with van der Waals surface area (Å²) < 4.78 is 13.4. The molecule has 0 aliphatic heterocycles. The number of nitrogens with zero attached hydrogens (tertiary/aromatic N) is 2. The van der Waals surface area contributed by atoms with Crippen LogP contribution in [0.2, 0.25) is 5.02 Å². The van der Waals surface area contributed by atoms with E-state index in [1.54, 1.807) is 12.5 Å². The van der Waals surface area contributed by atoms with Crippen molar-refractivity contribution < 1.29 is 14.6 Å². The second kappa shape index (κ2) is 11.1. The van der Waals surface area contributed by atoms with E-state index in [2.05, 4.69) is 18.8 Å². The van der Waals surface area contributed by atoms with Crippen LogP contribution in [0.4, 0.5) is 0 Å². The third-order valence-electron chi connectivity index (χ3n) is 5.44. The number of alkyl halides is 1. The summed E-state index contributed by atoms with van der Waals surface area (Å²) in [7, 11) is 0. The van der Waals surface area contributed by atoms with Gasteiger partial charge in [-0.25, -0.2) is 4.98 Å². The standard InChI is InChI=1S/C25H30Cl2N2O3/c1-18(13-26)15-32-24-9-6-20(12-23(24)27)25(2,3)19-4-7-22(8-5-19)31-16-21(30)14-29-11-10-28-17-29/h4-12,17-18,21,30H,13-16H2,1-3H3/t18-,21+/m1/s1. The van der Waals surface area contributed by atoms with Crippen molar-refractivity contribution in [1.82, 2.24) is 9.55 Å². The molecular weight excluding hydrogens is 447 g/mol. The van der Waals surface area contributed by atoms with Crippen molar-refractivity contribution in [3.8, 4) is 11.5 Å². The van der Waals surface area contributed by atoms with Crippen molar-refractivity contribution in [3.63, 3.8) is 0 Å². The Kier molecular flexibility index (Phi) is 8.46. The van der Waals surface area contributed by atoms with Crippen molar-refractivity contribution in [1.29, 1.82) is 0 Å². The molecule has 0 radical (unpaired) electrons. The number of ether oxygens (including phenoxy) is 2. The average Bonchev–Trinajstić information content (AvgIpc) is 3.29. The topological polar surface area (TPSA) is 56.5 Å². The van der Waals surface area contributed by atoms with Gasteiger partial charge in [-0.1, -0.05) is 50.6 Å². The molecule has 2 aromatic carbocycles. The van der Waals surface area contributed by atoms with E-state index < -0.39 is 6.10 Å². The van der Waals surface area contributed by atoms with Crippen LogP contribution >= 0.6 is 23.2 Å². The Morgan fingerprint density at radius 2 is 1.78 bits per heavy atom. The van der Waals surface area contributed by atoms with E-state index >= 15 is 0 Å². The molecule has 7 heteroatoms. The molecule has 5 nitrogen and oxygen atoms in total. The quantitative estimate of drug-likeness (QED) is 0.368. The molecule has 3 aromatic rings. The fourth-order valence-electron chi connectivity index (χ4n) is 3.30. The highest BCUT2D eigenvalue weighted by Crippen LogP contribution is 2.36. The van der Waals surface area contributed by atoms with Crippen LogP contribution in [0.1, 0.15) is 31.9 Å². The third-order valence-corrected chi connectivity index (χ3v) is 6.26. The molecule has 0 fully saturated rings. The number of hydrogen-bond donors (Lipinski definition) is 1. The van der Waals surface area contributed by atoms with Crippen LogP contribution in [0.25, 0.3) is 0 Å². The predicted molar refractivity (Wildman–Crippen MR) is 129 cm³/mol. The van der Waals surface area contributed by atoms with Gasteiger partial charge >= 0.3 is 0 Å². The lowest BCUT2D eigenvalue weighted by atomic mass is 9.78. The Morgan fingerprint density at radius 3 is 2.41 bits per heavy atom. The molecule has 1 heterocycles. The highest BCUT2D eigenvalue weighted by Gasteiger charge is 2.24. The summed E-state index contributed by atoms with van der Waals surface area (Å²) in [6.07, 6.45) is 4.55. The maximum absolute atomic E-state index is 10.1. The van der Waals surface area contributed by atoms with E-state index in [4.69, 9.17) is 32.7 Å². The lowest BCUT2D eigenvalue weighted by molar-refractivity contribution is 0.0924. The van der Waals surface area contributed by atoms with Crippen molar-refractivity contribution >= 4 is 23.2 Å². The van der Waals surface area contributed by atoms with Crippen molar-refractivity contribution in [3.05, 3.63) is 77.3 Å². The van der Waals surface area contributed by atoms with Gasteiger partial charge < -0.3 is 19.1 Å². The molecule has 1 aromatic heterocycles. The zero-order valence-corrected chi connectivity index (χ0v) is 20.2. The number of imidazole rings is 1. The Bertz CT molecular complexity index is 975. The van der Waals surface area contributed by atoms with Crippen LogP contribution < -0.4 is 9.47 Å². The van der Waals surface area contributed by atoms with Gasteiger partial charge in [0, 0.05) is 29.6 Å². The number of aromatic nitrogens is 2. The van der Waals surface area contributed by atoms with Crippen LogP contribution in [0.5, 0.6) is 11.5 Å². The highest BCUT2D eigenvalue weighted by atomic mass is 35.5. The van der Waals surface area contributed by atoms with Crippen LogP contribution in [-0.4, -0.2) is 39.9 Å². The average molecular weight is 477 g/mol. The number of rotatable bonds is 11. The van der Waals surface area contributed by atoms with Gasteiger partial charge in [-0.3, -0.25) is 0 Å². The summed E-state index contributed by atoms with van der Waals surface area (Å²) in [6, 6.07) is 13.8. The Balaban J connectivity index is 1.62. The molecule has 0 bridgehead atoms. The Morgan fingerprint density at radius 1 is 1.06 bits per heavy atom. The third kappa shape index (κ3) is 6.41. The fraction of sp³-hybridized carbons (Fsp3) is 0.400. The smallest absolute Gasteiger partial charge is 0.137 e. The summed E-state index contributed by atoms with van der Waals surface area (Å²) in [6.45, 7) is 7.52. The first-order chi connectivity index (χ1) is 15.3. The van der Waals surface area contributed by atoms with Gasteiger partial charge in [0.05, 0.1) is 24.5 Å². The second-order valence-electron chi connectivity index (χ2n) is 8.59. The minimum atomic E-state index is -0.615. The monoisotopic (exact) mass is 476 g/mol. The molecule has 2 atom stereocenters. The first-order valence-electron chi connectivity index (χ1n) is 10.7. The van der Waals surface area contributed by atoms with Crippen LogP contribution in [0.15, 0.2) is 61.2 Å². The number of aliphatic hydroxyl groups is 1. The molecule has 0 unspecified atom stereocenters. The van der Waals surface area contributed by atoms with Crippen molar-refractivity contribution in [2.24, 2.45) is 5.92 Å². The Hall–Kier alpha value is -2.21. The summed E-state index contributed by atoms with van der Waals surface area (Å²) in [5.41, 5.74) is 1.96. The van der Waals surface area contributed by atoms with E-state index in [-0.39, 0.29) is 17.9 Å². The van der Waals surface area contributed by atoms with Crippen LogP contribution in [0, 0.1) is 5.92 Å². The highest BCUT2D eigenvalue weighted by molar-refractivity contribution is 6.32. The number of hydrogen-bond acceptors (Lipinski definition) is 4. The van der Waals surface area contributed by atoms with E-state index in [9.17, 15) is 5.11 Å². The van der Waals surface area contributed by atoms with Gasteiger partial charge in [0.15, 0.2) is 0 Å². The molecule has 0 aliphatic rings. The maximum atomic E-state index is 10.1. The number of aliphatic hydroxyl groups excluding tert-OH is 1. The molecular formula is C25H30Cl2N2O3. The normalized spacial score (nSPS) is 13.6. The lowest BCUT2D eigenvalue weighted by Gasteiger charge is -2.27. The zero-order chi connectivity index (χ0) is 23.1. The molecule has 172 valence electrons. The maximum Gasteiger partial charge on any atom is 0.137 e. The first-order valence-corrected chi connectivity index (χ1v) is 11.6. The van der Waals surface area contributed by atoms with Crippen molar-refractivity contribution in [2.75, 3.05) is 19.1 Å². The van der Waals surface area contributed by atoms with Gasteiger partial charge in [0.25, 0.3) is 0 Å². The fourth-order valence-corrected chi connectivity index (χ4v) is 3.63. The van der Waals surface area contributed by atoms with E-state index in [1.807, 2.05) is 60.2 Å². The predicted octanol–water partition coefficient (Wildman–Crippen LogP) is 5.56. The van der Waals surface area contributed by atoms with E-state index in [0.29, 0.717) is 35.6 Å². The second-order valence-corrected chi connectivity index (χ2v) is 9.31. The van der Waals surface area contributed by atoms with Crippen LogP contribution in [-0.2, 0) is 12.0 Å². The minimum Gasteiger partial charge on any atom is -0.492 e. The van der Waals surface area contributed by atoms with Gasteiger partial charge in [-0.05, 0) is 35.4 Å². The summed E-state index contributed by atoms with van der Waals surface area (Å²) >= 11 is 12.3. The van der Waals surface area contributed by atoms with Gasteiger partial charge in [0.1, 0.15) is 24.2 Å². The molecule has 0 saturated carbocycles. The summed E-state index contributed by atoms with van der Waals surface area (Å²) in [5.74, 6) is 2.19. The molecule has 0 spiro atoms. The molecule has 0 amide bonds. The van der Waals surface area contributed by atoms with E-state index in [1.165, 1.54) is 0 Å². The number of benzene rings is 2. The van der Waals surface area contributed by atoms with E-state index in [0.717, 1.165) is 11.1 Å². The first kappa shape index (κ1) is 24.4. The summed E-state index contributed by atoms with van der Waals surface area (Å²) in [5, 5.41) is 10.7. The molecule has 0 saturated heterocycles. The zero-order valence-electron chi connectivity index (χ0n) is 18.7. The molecule has 0 aliphatic carbocycles. The molecule has 32 heavy (non-hydrogen) atoms. The number of halogens is 2. The van der Waals surface area contributed by atoms with Crippen molar-refractivity contribution in [2.45, 2.75) is 38.8 Å². The molecule has 3 rings (SSSR count). The Labute approximate surface area is 199 Å². The lowest BCUT2D eigenvalue weighted by Crippen LogP contribution is -2.23. The van der Waals surface area contributed by atoms with Crippen LogP contribution in [0.3, 0.4) is 0 Å².